The van der Waals surface area contributed by atoms with Crippen LogP contribution in [-0.2, 0) is 17.0 Å². The molecule has 0 aliphatic carbocycles. The van der Waals surface area contributed by atoms with E-state index in [-0.39, 0.29) is 16.7 Å². The molecule has 124 valence electrons. The zero-order valence-electron chi connectivity index (χ0n) is 11.3. The van der Waals surface area contributed by atoms with Gasteiger partial charge < -0.3 is 0 Å². The molecule has 3 nitrogen and oxygen atoms in total. The molecule has 0 unspecified atom stereocenters. The number of thioether (sulfide) groups is 1. The number of hydrogen-bond donors (Lipinski definition) is 0. The maximum Gasteiger partial charge on any atom is 0.433 e. The maximum absolute atomic E-state index is 12.5. The van der Waals surface area contributed by atoms with Gasteiger partial charge in [-0.25, -0.2) is 9.97 Å². The summed E-state index contributed by atoms with van der Waals surface area (Å²) in [7, 11) is -1.42. The lowest BCUT2D eigenvalue weighted by Gasteiger charge is -2.07. The largest absolute Gasteiger partial charge is 0.433 e. The second-order valence-corrected chi connectivity index (χ2v) is 7.64. The van der Waals surface area contributed by atoms with Crippen LogP contribution in [0.25, 0.3) is 0 Å². The molecule has 10 heteroatoms. The maximum atomic E-state index is 12.5. The first-order valence-corrected chi connectivity index (χ1v) is 9.20. The number of nitrogens with zero attached hydrogens (tertiary/aromatic N) is 2. The smallest absolute Gasteiger partial charge is 0.254 e. The number of benzene rings is 1. The summed E-state index contributed by atoms with van der Waals surface area (Å²) in [6.07, 6.45) is -3.47. The van der Waals surface area contributed by atoms with Gasteiger partial charge >= 0.3 is 6.18 Å². The summed E-state index contributed by atoms with van der Waals surface area (Å²) in [5, 5.41) is 0.716. The molecular formula is C13H9Cl2F3N2OS2. The minimum absolute atomic E-state index is 0.0194. The van der Waals surface area contributed by atoms with Crippen molar-refractivity contribution in [2.24, 2.45) is 0 Å². The third-order valence-corrected chi connectivity index (χ3v) is 5.76. The highest BCUT2D eigenvalue weighted by Crippen LogP contribution is 2.29. The Morgan fingerprint density at radius 1 is 1.22 bits per heavy atom. The van der Waals surface area contributed by atoms with Crippen LogP contribution in [0.2, 0.25) is 10.0 Å². The molecule has 0 saturated heterocycles. The van der Waals surface area contributed by atoms with Crippen LogP contribution in [0.15, 0.2) is 40.5 Å². The van der Waals surface area contributed by atoms with Crippen LogP contribution in [0, 0.1) is 0 Å². The monoisotopic (exact) mass is 400 g/mol. The van der Waals surface area contributed by atoms with Crippen molar-refractivity contribution >= 4 is 45.8 Å². The third kappa shape index (κ3) is 5.34. The van der Waals surface area contributed by atoms with E-state index in [2.05, 4.69) is 9.97 Å². The molecule has 1 aromatic carbocycles. The average molecular weight is 401 g/mol. The fourth-order valence-corrected chi connectivity index (χ4v) is 4.33. The van der Waals surface area contributed by atoms with Gasteiger partial charge in [0, 0.05) is 22.7 Å². The Morgan fingerprint density at radius 3 is 2.65 bits per heavy atom. The summed E-state index contributed by atoms with van der Waals surface area (Å²) in [6.45, 7) is 0. The quantitative estimate of drug-likeness (QED) is 0.538. The Morgan fingerprint density at radius 2 is 1.96 bits per heavy atom. The van der Waals surface area contributed by atoms with Gasteiger partial charge in [-0.1, -0.05) is 35.0 Å². The summed E-state index contributed by atoms with van der Waals surface area (Å²) in [5.74, 6) is 0.459. The first-order valence-electron chi connectivity index (χ1n) is 6.14. The van der Waals surface area contributed by atoms with Crippen LogP contribution >= 0.6 is 35.0 Å². The Hall–Kier alpha value is -0.830. The van der Waals surface area contributed by atoms with Gasteiger partial charge in [-0.05, 0) is 24.3 Å². The van der Waals surface area contributed by atoms with E-state index >= 15 is 0 Å². The molecule has 0 N–H and O–H groups in total. The summed E-state index contributed by atoms with van der Waals surface area (Å²) >= 11 is 12.8. The second-order valence-electron chi connectivity index (χ2n) is 4.20. The predicted octanol–water partition coefficient (Wildman–Crippen LogP) is 4.70. The highest BCUT2D eigenvalue weighted by molar-refractivity contribution is 8.00. The molecule has 1 heterocycles. The third-order valence-electron chi connectivity index (χ3n) is 2.56. The molecule has 2 rings (SSSR count). The van der Waals surface area contributed by atoms with Gasteiger partial charge in [-0.2, -0.15) is 13.2 Å². The van der Waals surface area contributed by atoms with E-state index in [0.717, 1.165) is 24.0 Å². The van der Waals surface area contributed by atoms with Crippen molar-refractivity contribution in [3.63, 3.8) is 0 Å². The average Bonchev–Trinajstić information content (AvgIpc) is 2.49. The summed E-state index contributed by atoms with van der Waals surface area (Å²) in [5.41, 5.74) is -1.01. The van der Waals surface area contributed by atoms with Crippen LogP contribution in [0.4, 0.5) is 13.2 Å². The van der Waals surface area contributed by atoms with Crippen LogP contribution in [0.5, 0.6) is 0 Å². The van der Waals surface area contributed by atoms with Gasteiger partial charge in [0.15, 0.2) is 5.16 Å². The van der Waals surface area contributed by atoms with Gasteiger partial charge in [0.05, 0.1) is 20.7 Å². The molecule has 0 fully saturated rings. The van der Waals surface area contributed by atoms with Crippen molar-refractivity contribution in [2.45, 2.75) is 16.2 Å². The molecule has 0 aliphatic rings. The molecule has 2 aromatic rings. The Balaban J connectivity index is 1.97. The first-order chi connectivity index (χ1) is 10.8. The minimum Gasteiger partial charge on any atom is -0.254 e. The zero-order valence-corrected chi connectivity index (χ0v) is 14.5. The van der Waals surface area contributed by atoms with Gasteiger partial charge in [0.25, 0.3) is 0 Å². The van der Waals surface area contributed by atoms with E-state index in [9.17, 15) is 17.4 Å². The van der Waals surface area contributed by atoms with Crippen LogP contribution in [0.3, 0.4) is 0 Å². The van der Waals surface area contributed by atoms with Crippen LogP contribution in [-0.4, -0.2) is 25.7 Å². The zero-order chi connectivity index (χ0) is 17.0. The van der Waals surface area contributed by atoms with E-state index in [4.69, 9.17) is 23.2 Å². The van der Waals surface area contributed by atoms with Crippen molar-refractivity contribution < 1.29 is 17.4 Å². The number of alkyl halides is 3. The lowest BCUT2D eigenvalue weighted by Crippen LogP contribution is -2.09. The van der Waals surface area contributed by atoms with Gasteiger partial charge in [-0.15, -0.1) is 0 Å². The van der Waals surface area contributed by atoms with Crippen molar-refractivity contribution in [1.82, 2.24) is 9.97 Å². The van der Waals surface area contributed by atoms with Crippen LogP contribution < -0.4 is 0 Å². The molecule has 0 radical (unpaired) electrons. The minimum atomic E-state index is -4.52. The summed E-state index contributed by atoms with van der Waals surface area (Å²) in [6, 6.07) is 5.43. The van der Waals surface area contributed by atoms with E-state index in [1.54, 1.807) is 12.1 Å². The predicted molar refractivity (Wildman–Crippen MR) is 85.5 cm³/mol. The van der Waals surface area contributed by atoms with Gasteiger partial charge in [0.1, 0.15) is 5.69 Å². The highest BCUT2D eigenvalue weighted by Gasteiger charge is 2.32. The molecule has 1 aromatic heterocycles. The molecule has 1 atom stereocenters. The van der Waals surface area contributed by atoms with E-state index in [0.29, 0.717) is 14.9 Å². The van der Waals surface area contributed by atoms with Crippen molar-refractivity contribution in [1.29, 1.82) is 0 Å². The topological polar surface area (TPSA) is 42.9 Å². The fourth-order valence-electron chi connectivity index (χ4n) is 1.54. The Bertz CT molecular complexity index is 729. The standard InChI is InChI=1S/C13H9Cl2F3N2OS2/c14-8-1-2-9(15)10(7-8)23(21)6-5-22-12-19-4-3-11(20-12)13(16,17)18/h1-4,7H,5-6H2/t23-/m0/s1. The molecule has 0 aliphatic heterocycles. The number of hydrogen-bond acceptors (Lipinski definition) is 4. The molecule has 0 amide bonds. The van der Waals surface area contributed by atoms with Crippen LogP contribution in [0.1, 0.15) is 5.69 Å². The van der Waals surface area contributed by atoms with E-state index in [1.165, 1.54) is 6.07 Å². The number of halogens is 5. The molecule has 23 heavy (non-hydrogen) atoms. The van der Waals surface area contributed by atoms with Gasteiger partial charge in [0.2, 0.25) is 0 Å². The summed E-state index contributed by atoms with van der Waals surface area (Å²) in [4.78, 5) is 7.58. The van der Waals surface area contributed by atoms with E-state index < -0.39 is 22.7 Å². The molecular weight excluding hydrogens is 392 g/mol. The molecule has 0 saturated carbocycles. The second kappa shape index (κ2) is 7.83. The lowest BCUT2D eigenvalue weighted by molar-refractivity contribution is -0.141. The van der Waals surface area contributed by atoms with Gasteiger partial charge in [-0.3, -0.25) is 4.21 Å². The number of aromatic nitrogens is 2. The Kier molecular flexibility index (Phi) is 6.30. The molecule has 0 bridgehead atoms. The highest BCUT2D eigenvalue weighted by atomic mass is 35.5. The fraction of sp³-hybridized carbons (Fsp3) is 0.231. The molecule has 0 spiro atoms. The van der Waals surface area contributed by atoms with Crippen molar-refractivity contribution in [3.05, 3.63) is 46.2 Å². The normalized spacial score (nSPS) is 13.1. The summed E-state index contributed by atoms with van der Waals surface area (Å²) < 4.78 is 49.8. The van der Waals surface area contributed by atoms with E-state index in [1.807, 2.05) is 0 Å². The van der Waals surface area contributed by atoms with Crippen molar-refractivity contribution in [3.8, 4) is 0 Å². The Labute approximate surface area is 147 Å². The van der Waals surface area contributed by atoms with Crippen molar-refractivity contribution in [2.75, 3.05) is 11.5 Å². The number of rotatable bonds is 5. The first kappa shape index (κ1) is 18.5. The lowest BCUT2D eigenvalue weighted by atomic mass is 10.4. The SMILES string of the molecule is O=[S@@](CCSc1nccc(C(F)(F)F)n1)c1cc(Cl)ccc1Cl.